The second kappa shape index (κ2) is 9.09. The number of nitrogens with zero attached hydrogens (tertiary/aromatic N) is 2. The van der Waals surface area contributed by atoms with Crippen molar-refractivity contribution in [2.24, 2.45) is 10.7 Å². The van der Waals surface area contributed by atoms with E-state index in [1.165, 1.54) is 12.8 Å². The zero-order valence-corrected chi connectivity index (χ0v) is 14.9. The molecular formula is C15H24IN3O2. The number of nitrogens with two attached hydrogens (primary N) is 1. The fourth-order valence-corrected chi connectivity index (χ4v) is 1.90. The Bertz CT molecular complexity index is 447. The Balaban J connectivity index is 0.00000220. The highest BCUT2D eigenvalue weighted by atomic mass is 127. The van der Waals surface area contributed by atoms with Crippen molar-refractivity contribution in [3.63, 3.8) is 0 Å². The molecule has 1 aliphatic rings. The molecule has 0 saturated heterocycles. The molecule has 1 aliphatic carbocycles. The van der Waals surface area contributed by atoms with Gasteiger partial charge in [-0.2, -0.15) is 0 Å². The lowest BCUT2D eigenvalue weighted by Gasteiger charge is -2.16. The van der Waals surface area contributed by atoms with E-state index in [9.17, 15) is 0 Å². The van der Waals surface area contributed by atoms with Crippen LogP contribution < -0.4 is 10.5 Å². The number of aliphatic imine (C=N–C) groups is 1. The van der Waals surface area contributed by atoms with E-state index in [1.54, 1.807) is 7.11 Å². The lowest BCUT2D eigenvalue weighted by molar-refractivity contribution is 0.128. The molecular weight excluding hydrogens is 381 g/mol. The standard InChI is InChI=1S/C15H23N3O2.HI/c1-18(13-5-6-13)15(16)17-9-10-20-11-12-3-7-14(19-2)8-4-12;/h3-4,7-8,13H,5-6,9-11H2,1-2H3,(H2,16,17);1H. The highest BCUT2D eigenvalue weighted by Crippen LogP contribution is 2.24. The predicted molar refractivity (Wildman–Crippen MR) is 95.3 cm³/mol. The third-order valence-electron chi connectivity index (χ3n) is 3.39. The first-order valence-electron chi connectivity index (χ1n) is 6.94. The van der Waals surface area contributed by atoms with Crippen molar-refractivity contribution < 1.29 is 9.47 Å². The van der Waals surface area contributed by atoms with Crippen LogP contribution in [0.3, 0.4) is 0 Å². The lowest BCUT2D eigenvalue weighted by atomic mass is 10.2. The fourth-order valence-electron chi connectivity index (χ4n) is 1.90. The van der Waals surface area contributed by atoms with Crippen molar-refractivity contribution in [1.29, 1.82) is 0 Å². The molecule has 2 rings (SSSR count). The van der Waals surface area contributed by atoms with Gasteiger partial charge in [-0.15, -0.1) is 24.0 Å². The normalized spacial score (nSPS) is 14.5. The second-order valence-corrected chi connectivity index (χ2v) is 4.98. The number of ether oxygens (including phenoxy) is 2. The van der Waals surface area contributed by atoms with Crippen molar-refractivity contribution in [2.75, 3.05) is 27.3 Å². The average Bonchev–Trinajstić information content (AvgIpc) is 3.31. The van der Waals surface area contributed by atoms with Gasteiger partial charge in [0, 0.05) is 13.1 Å². The van der Waals surface area contributed by atoms with E-state index in [1.807, 2.05) is 36.2 Å². The summed E-state index contributed by atoms with van der Waals surface area (Å²) in [5.41, 5.74) is 7.01. The topological polar surface area (TPSA) is 60.1 Å². The van der Waals surface area contributed by atoms with Gasteiger partial charge < -0.3 is 20.1 Å². The maximum absolute atomic E-state index is 5.89. The molecule has 118 valence electrons. The number of hydrogen-bond donors (Lipinski definition) is 1. The Labute approximate surface area is 143 Å². The molecule has 6 heteroatoms. The van der Waals surface area contributed by atoms with Gasteiger partial charge in [-0.05, 0) is 30.5 Å². The van der Waals surface area contributed by atoms with Crippen LogP contribution in [0.15, 0.2) is 29.3 Å². The summed E-state index contributed by atoms with van der Waals surface area (Å²) in [6, 6.07) is 8.45. The molecule has 0 aromatic heterocycles. The number of guanidine groups is 1. The Kier molecular flexibility index (Phi) is 7.81. The molecule has 1 fully saturated rings. The van der Waals surface area contributed by atoms with E-state index in [2.05, 4.69) is 4.99 Å². The zero-order valence-electron chi connectivity index (χ0n) is 12.6. The summed E-state index contributed by atoms with van der Waals surface area (Å²) in [7, 11) is 3.65. The van der Waals surface area contributed by atoms with Crippen LogP contribution in [0, 0.1) is 0 Å². The summed E-state index contributed by atoms with van der Waals surface area (Å²) < 4.78 is 10.7. The molecule has 2 N–H and O–H groups in total. The minimum absolute atomic E-state index is 0. The quantitative estimate of drug-likeness (QED) is 0.327. The minimum Gasteiger partial charge on any atom is -0.497 e. The third kappa shape index (κ3) is 6.09. The van der Waals surface area contributed by atoms with Crippen LogP contribution in [-0.4, -0.2) is 44.2 Å². The number of rotatable bonds is 7. The molecule has 21 heavy (non-hydrogen) atoms. The van der Waals surface area contributed by atoms with Gasteiger partial charge in [0.05, 0.1) is 26.9 Å². The minimum atomic E-state index is 0. The summed E-state index contributed by atoms with van der Waals surface area (Å²) in [6.07, 6.45) is 2.45. The summed E-state index contributed by atoms with van der Waals surface area (Å²) in [6.45, 7) is 1.75. The predicted octanol–water partition coefficient (Wildman–Crippen LogP) is 2.24. The lowest BCUT2D eigenvalue weighted by Crippen LogP contribution is -2.36. The Morgan fingerprint density at radius 2 is 2.00 bits per heavy atom. The van der Waals surface area contributed by atoms with Gasteiger partial charge in [-0.25, -0.2) is 0 Å². The van der Waals surface area contributed by atoms with Crippen molar-refractivity contribution in [2.45, 2.75) is 25.5 Å². The number of benzene rings is 1. The highest BCUT2D eigenvalue weighted by Gasteiger charge is 2.27. The largest absolute Gasteiger partial charge is 0.497 e. The smallest absolute Gasteiger partial charge is 0.191 e. The molecule has 1 saturated carbocycles. The van der Waals surface area contributed by atoms with Gasteiger partial charge >= 0.3 is 0 Å². The first-order valence-corrected chi connectivity index (χ1v) is 6.94. The summed E-state index contributed by atoms with van der Waals surface area (Å²) >= 11 is 0. The van der Waals surface area contributed by atoms with Crippen LogP contribution in [0.5, 0.6) is 5.75 Å². The first kappa shape index (κ1) is 18.0. The Morgan fingerprint density at radius 1 is 1.33 bits per heavy atom. The summed E-state index contributed by atoms with van der Waals surface area (Å²) in [5, 5.41) is 0. The maximum Gasteiger partial charge on any atom is 0.191 e. The molecule has 0 amide bonds. The van der Waals surface area contributed by atoms with Crippen molar-refractivity contribution >= 4 is 29.9 Å². The van der Waals surface area contributed by atoms with Gasteiger partial charge in [0.15, 0.2) is 5.96 Å². The molecule has 0 atom stereocenters. The van der Waals surface area contributed by atoms with Gasteiger partial charge in [0.1, 0.15) is 5.75 Å². The molecule has 5 nitrogen and oxygen atoms in total. The van der Waals surface area contributed by atoms with E-state index < -0.39 is 0 Å². The third-order valence-corrected chi connectivity index (χ3v) is 3.39. The van der Waals surface area contributed by atoms with E-state index in [0.29, 0.717) is 31.8 Å². The molecule has 0 heterocycles. The molecule has 1 aromatic rings. The molecule has 0 unspecified atom stereocenters. The van der Waals surface area contributed by atoms with E-state index >= 15 is 0 Å². The van der Waals surface area contributed by atoms with Crippen molar-refractivity contribution in [1.82, 2.24) is 4.90 Å². The van der Waals surface area contributed by atoms with Crippen molar-refractivity contribution in [3.8, 4) is 5.75 Å². The van der Waals surface area contributed by atoms with Crippen LogP contribution in [0.1, 0.15) is 18.4 Å². The fraction of sp³-hybridized carbons (Fsp3) is 0.533. The number of hydrogen-bond acceptors (Lipinski definition) is 3. The second-order valence-electron chi connectivity index (χ2n) is 4.98. The zero-order chi connectivity index (χ0) is 14.4. The van der Waals surface area contributed by atoms with Crippen LogP contribution in [0.25, 0.3) is 0 Å². The summed E-state index contributed by atoms with van der Waals surface area (Å²) in [5.74, 6) is 1.47. The maximum atomic E-state index is 5.89. The Hall–Kier alpha value is -1.02. The molecule has 0 spiro atoms. The van der Waals surface area contributed by atoms with Gasteiger partial charge in [-0.3, -0.25) is 4.99 Å². The van der Waals surface area contributed by atoms with Gasteiger partial charge in [0.2, 0.25) is 0 Å². The summed E-state index contributed by atoms with van der Waals surface area (Å²) in [4.78, 5) is 6.36. The number of halogens is 1. The van der Waals surface area contributed by atoms with Crippen LogP contribution in [-0.2, 0) is 11.3 Å². The van der Waals surface area contributed by atoms with Crippen molar-refractivity contribution in [3.05, 3.63) is 29.8 Å². The number of methoxy groups -OCH3 is 1. The van der Waals surface area contributed by atoms with E-state index in [0.717, 1.165) is 11.3 Å². The molecule has 0 bridgehead atoms. The SMILES string of the molecule is COc1ccc(COCCN=C(N)N(C)C2CC2)cc1.I. The molecule has 0 radical (unpaired) electrons. The first-order chi connectivity index (χ1) is 9.70. The van der Waals surface area contributed by atoms with E-state index in [4.69, 9.17) is 15.2 Å². The molecule has 0 aliphatic heterocycles. The monoisotopic (exact) mass is 405 g/mol. The van der Waals surface area contributed by atoms with E-state index in [-0.39, 0.29) is 24.0 Å². The Morgan fingerprint density at radius 3 is 2.57 bits per heavy atom. The highest BCUT2D eigenvalue weighted by molar-refractivity contribution is 14.0. The van der Waals surface area contributed by atoms with Crippen LogP contribution >= 0.6 is 24.0 Å². The molecule has 1 aromatic carbocycles. The van der Waals surface area contributed by atoms with Gasteiger partial charge in [-0.1, -0.05) is 12.1 Å². The van der Waals surface area contributed by atoms with Gasteiger partial charge in [0.25, 0.3) is 0 Å². The van der Waals surface area contributed by atoms with Crippen LogP contribution in [0.2, 0.25) is 0 Å². The van der Waals surface area contributed by atoms with Crippen LogP contribution in [0.4, 0.5) is 0 Å². The average molecular weight is 405 g/mol.